The van der Waals surface area contributed by atoms with Crippen LogP contribution in [0.5, 0.6) is 5.75 Å². The molecule has 1 unspecified atom stereocenters. The number of nitro groups is 1. The third-order valence-electron chi connectivity index (χ3n) is 3.13. The monoisotopic (exact) mass is 282 g/mol. The van der Waals surface area contributed by atoms with Gasteiger partial charge in [0.15, 0.2) is 5.75 Å². The maximum absolute atomic E-state index is 11.0. The van der Waals surface area contributed by atoms with Crippen LogP contribution in [-0.2, 0) is 0 Å². The highest BCUT2D eigenvalue weighted by Gasteiger charge is 2.25. The molecular weight excluding hydrogens is 260 g/mol. The molecule has 1 aromatic carbocycles. The SMILES string of the molecule is CCCOc1cc(NC(C)(C)C(C)O)ccc1[N+](=O)[O-]. The minimum Gasteiger partial charge on any atom is -0.487 e. The van der Waals surface area contributed by atoms with Gasteiger partial charge in [0.05, 0.1) is 23.2 Å². The van der Waals surface area contributed by atoms with Crippen molar-refractivity contribution < 1.29 is 14.8 Å². The largest absolute Gasteiger partial charge is 0.487 e. The van der Waals surface area contributed by atoms with Gasteiger partial charge in [-0.1, -0.05) is 6.92 Å². The standard InChI is InChI=1S/C14H22N2O4/c1-5-8-20-13-9-11(6-7-12(13)16(18)19)15-14(3,4)10(2)17/h6-7,9-10,15,17H,5,8H2,1-4H3. The van der Waals surface area contributed by atoms with E-state index in [1.807, 2.05) is 20.8 Å². The first-order chi connectivity index (χ1) is 9.27. The number of rotatable bonds is 7. The number of anilines is 1. The second kappa shape index (κ2) is 6.56. The van der Waals surface area contributed by atoms with E-state index in [0.29, 0.717) is 12.3 Å². The Morgan fingerprint density at radius 1 is 1.50 bits per heavy atom. The topological polar surface area (TPSA) is 84.6 Å². The Bertz CT molecular complexity index is 472. The van der Waals surface area contributed by atoms with Crippen LogP contribution in [0.3, 0.4) is 0 Å². The van der Waals surface area contributed by atoms with Gasteiger partial charge in [-0.05, 0) is 33.3 Å². The normalized spacial score (nSPS) is 12.8. The van der Waals surface area contributed by atoms with Gasteiger partial charge in [0.25, 0.3) is 0 Å². The Morgan fingerprint density at radius 3 is 2.65 bits per heavy atom. The Labute approximate surface area is 118 Å². The van der Waals surface area contributed by atoms with E-state index >= 15 is 0 Å². The molecule has 0 aliphatic heterocycles. The van der Waals surface area contributed by atoms with Crippen LogP contribution < -0.4 is 10.1 Å². The highest BCUT2D eigenvalue weighted by atomic mass is 16.6. The van der Waals surface area contributed by atoms with E-state index in [4.69, 9.17) is 4.74 Å². The van der Waals surface area contributed by atoms with E-state index in [2.05, 4.69) is 5.32 Å². The third-order valence-corrected chi connectivity index (χ3v) is 3.13. The molecule has 0 amide bonds. The molecule has 20 heavy (non-hydrogen) atoms. The number of aliphatic hydroxyl groups excluding tert-OH is 1. The van der Waals surface area contributed by atoms with E-state index in [-0.39, 0.29) is 11.4 Å². The van der Waals surface area contributed by atoms with Gasteiger partial charge in [0.1, 0.15) is 0 Å². The lowest BCUT2D eigenvalue weighted by Crippen LogP contribution is -2.41. The Kier molecular flexibility index (Phi) is 5.33. The average Bonchev–Trinajstić information content (AvgIpc) is 2.35. The molecule has 0 bridgehead atoms. The molecule has 0 aliphatic carbocycles. The number of benzene rings is 1. The van der Waals surface area contributed by atoms with Crippen LogP contribution in [0.15, 0.2) is 18.2 Å². The van der Waals surface area contributed by atoms with Crippen molar-refractivity contribution in [1.82, 2.24) is 0 Å². The van der Waals surface area contributed by atoms with E-state index in [1.54, 1.807) is 19.1 Å². The second-order valence-corrected chi connectivity index (χ2v) is 5.31. The molecular formula is C14H22N2O4. The summed E-state index contributed by atoms with van der Waals surface area (Å²) in [7, 11) is 0. The Hall–Kier alpha value is -1.82. The van der Waals surface area contributed by atoms with E-state index in [0.717, 1.165) is 6.42 Å². The van der Waals surface area contributed by atoms with Gasteiger partial charge in [-0.25, -0.2) is 0 Å². The number of aliphatic hydroxyl groups is 1. The fourth-order valence-electron chi connectivity index (χ4n) is 1.55. The molecule has 1 rings (SSSR count). The molecule has 0 aromatic heterocycles. The van der Waals surface area contributed by atoms with Gasteiger partial charge >= 0.3 is 5.69 Å². The Balaban J connectivity index is 3.03. The van der Waals surface area contributed by atoms with Crippen LogP contribution in [0, 0.1) is 10.1 Å². The number of hydrogen-bond acceptors (Lipinski definition) is 5. The fourth-order valence-corrected chi connectivity index (χ4v) is 1.55. The summed E-state index contributed by atoms with van der Waals surface area (Å²) in [5, 5.41) is 23.8. The number of hydrogen-bond donors (Lipinski definition) is 2. The van der Waals surface area contributed by atoms with Crippen LogP contribution in [0.1, 0.15) is 34.1 Å². The number of nitro benzene ring substituents is 1. The molecule has 2 N–H and O–H groups in total. The quantitative estimate of drug-likeness (QED) is 0.593. The summed E-state index contributed by atoms with van der Waals surface area (Å²) >= 11 is 0. The highest BCUT2D eigenvalue weighted by molar-refractivity contribution is 5.58. The first kappa shape index (κ1) is 16.2. The summed E-state index contributed by atoms with van der Waals surface area (Å²) in [5.41, 5.74) is 0.0736. The van der Waals surface area contributed by atoms with Crippen LogP contribution in [-0.4, -0.2) is 28.3 Å². The third kappa shape index (κ3) is 4.09. The van der Waals surface area contributed by atoms with Crippen LogP contribution in [0.2, 0.25) is 0 Å². The molecule has 6 heteroatoms. The summed E-state index contributed by atoms with van der Waals surface area (Å²) in [4.78, 5) is 10.5. The average molecular weight is 282 g/mol. The predicted octanol–water partition coefficient (Wildman–Crippen LogP) is 2.95. The zero-order valence-corrected chi connectivity index (χ0v) is 12.3. The molecule has 0 radical (unpaired) electrons. The van der Waals surface area contributed by atoms with Crippen molar-refractivity contribution >= 4 is 11.4 Å². The van der Waals surface area contributed by atoms with Gasteiger partial charge in [0, 0.05) is 17.8 Å². The van der Waals surface area contributed by atoms with Crippen molar-refractivity contribution in [3.8, 4) is 5.75 Å². The van der Waals surface area contributed by atoms with Crippen molar-refractivity contribution in [2.75, 3.05) is 11.9 Å². The fraction of sp³-hybridized carbons (Fsp3) is 0.571. The summed E-state index contributed by atoms with van der Waals surface area (Å²) in [6.07, 6.45) is 0.200. The minimum absolute atomic E-state index is 0.0566. The molecule has 0 saturated heterocycles. The Morgan fingerprint density at radius 2 is 2.15 bits per heavy atom. The first-order valence-electron chi connectivity index (χ1n) is 6.65. The zero-order valence-electron chi connectivity index (χ0n) is 12.3. The lowest BCUT2D eigenvalue weighted by Gasteiger charge is -2.30. The van der Waals surface area contributed by atoms with Crippen LogP contribution >= 0.6 is 0 Å². The predicted molar refractivity (Wildman–Crippen MR) is 78.3 cm³/mol. The van der Waals surface area contributed by atoms with Crippen LogP contribution in [0.4, 0.5) is 11.4 Å². The summed E-state index contributed by atoms with van der Waals surface area (Å²) in [6, 6.07) is 4.62. The van der Waals surface area contributed by atoms with Crippen molar-refractivity contribution in [3.05, 3.63) is 28.3 Å². The number of ether oxygens (including phenoxy) is 1. The summed E-state index contributed by atoms with van der Waals surface area (Å²) in [6.45, 7) is 7.75. The smallest absolute Gasteiger partial charge is 0.311 e. The van der Waals surface area contributed by atoms with Crippen LogP contribution in [0.25, 0.3) is 0 Å². The maximum Gasteiger partial charge on any atom is 0.311 e. The molecule has 112 valence electrons. The number of nitrogens with one attached hydrogen (secondary N) is 1. The van der Waals surface area contributed by atoms with Gasteiger partial charge in [-0.3, -0.25) is 10.1 Å². The summed E-state index contributed by atoms with van der Waals surface area (Å²) < 4.78 is 5.42. The zero-order chi connectivity index (χ0) is 15.3. The molecule has 0 fully saturated rings. The molecule has 1 atom stereocenters. The lowest BCUT2D eigenvalue weighted by molar-refractivity contribution is -0.385. The van der Waals surface area contributed by atoms with Gasteiger partial charge < -0.3 is 15.2 Å². The minimum atomic E-state index is -0.572. The number of nitrogens with zero attached hydrogens (tertiary/aromatic N) is 1. The van der Waals surface area contributed by atoms with Crippen molar-refractivity contribution in [2.24, 2.45) is 0 Å². The molecule has 0 heterocycles. The highest BCUT2D eigenvalue weighted by Crippen LogP contribution is 2.31. The second-order valence-electron chi connectivity index (χ2n) is 5.31. The molecule has 6 nitrogen and oxygen atoms in total. The van der Waals surface area contributed by atoms with E-state index in [9.17, 15) is 15.2 Å². The first-order valence-corrected chi connectivity index (χ1v) is 6.65. The maximum atomic E-state index is 11.0. The van der Waals surface area contributed by atoms with E-state index < -0.39 is 16.6 Å². The molecule has 0 spiro atoms. The molecule has 0 saturated carbocycles. The molecule has 0 aliphatic rings. The van der Waals surface area contributed by atoms with Crippen molar-refractivity contribution in [1.29, 1.82) is 0 Å². The molecule has 1 aromatic rings. The summed E-state index contributed by atoms with van der Waals surface area (Å²) in [5.74, 6) is 0.239. The van der Waals surface area contributed by atoms with E-state index in [1.165, 1.54) is 6.07 Å². The lowest BCUT2D eigenvalue weighted by atomic mass is 9.98. The van der Waals surface area contributed by atoms with Crippen molar-refractivity contribution in [2.45, 2.75) is 45.8 Å². The van der Waals surface area contributed by atoms with Crippen molar-refractivity contribution in [3.63, 3.8) is 0 Å². The van der Waals surface area contributed by atoms with Gasteiger partial charge in [0.2, 0.25) is 0 Å². The van der Waals surface area contributed by atoms with Gasteiger partial charge in [-0.2, -0.15) is 0 Å². The van der Waals surface area contributed by atoms with Gasteiger partial charge in [-0.15, -0.1) is 0 Å².